The topological polar surface area (TPSA) is 61.4 Å². The lowest BCUT2D eigenvalue weighted by atomic mass is 10.1. The Morgan fingerprint density at radius 1 is 1.38 bits per heavy atom. The van der Waals surface area contributed by atoms with Crippen LogP contribution in [0, 0.1) is 0 Å². The minimum atomic E-state index is -0.883. The number of rotatable bonds is 7. The van der Waals surface area contributed by atoms with E-state index in [-0.39, 0.29) is 0 Å². The average molecular weight is 243 g/mol. The van der Waals surface area contributed by atoms with Gasteiger partial charge in [0.2, 0.25) is 0 Å². The van der Waals surface area contributed by atoms with Crippen molar-refractivity contribution >= 4 is 17.6 Å². The Morgan fingerprint density at radius 2 is 2.06 bits per heavy atom. The van der Waals surface area contributed by atoms with Gasteiger partial charge in [-0.3, -0.25) is 10.2 Å². The smallest absolute Gasteiger partial charge is 0.322 e. The highest BCUT2D eigenvalue weighted by Crippen LogP contribution is 2.02. The third kappa shape index (κ3) is 4.61. The third-order valence-electron chi connectivity index (χ3n) is 2.08. The molecular formula is C11H15ClN2O2. The van der Waals surface area contributed by atoms with Gasteiger partial charge in [0.05, 0.1) is 0 Å². The molecule has 1 aromatic carbocycles. The Labute approximate surface area is 99.6 Å². The van der Waals surface area contributed by atoms with Crippen LogP contribution in [-0.4, -0.2) is 29.5 Å². The van der Waals surface area contributed by atoms with Gasteiger partial charge in [-0.1, -0.05) is 30.3 Å². The fourth-order valence-electron chi connectivity index (χ4n) is 1.29. The van der Waals surface area contributed by atoms with Gasteiger partial charge in [-0.05, 0) is 12.0 Å². The van der Waals surface area contributed by atoms with Crippen molar-refractivity contribution in [1.82, 2.24) is 10.9 Å². The number of hydrogen-bond donors (Lipinski definition) is 3. The fraction of sp³-hybridized carbons (Fsp3) is 0.364. The van der Waals surface area contributed by atoms with E-state index < -0.39 is 12.0 Å². The number of halogens is 1. The summed E-state index contributed by atoms with van der Waals surface area (Å²) >= 11 is 5.47. The van der Waals surface area contributed by atoms with Crippen molar-refractivity contribution in [2.75, 3.05) is 12.4 Å². The molecule has 1 rings (SSSR count). The van der Waals surface area contributed by atoms with Crippen LogP contribution in [0.1, 0.15) is 5.56 Å². The summed E-state index contributed by atoms with van der Waals surface area (Å²) in [6.45, 7) is 0.528. The van der Waals surface area contributed by atoms with Crippen molar-refractivity contribution in [2.45, 2.75) is 12.5 Å². The predicted molar refractivity (Wildman–Crippen MR) is 63.4 cm³/mol. The van der Waals surface area contributed by atoms with E-state index in [2.05, 4.69) is 10.9 Å². The van der Waals surface area contributed by atoms with Crippen LogP contribution < -0.4 is 10.9 Å². The molecular weight excluding hydrogens is 228 g/mol. The van der Waals surface area contributed by atoms with Crippen molar-refractivity contribution in [3.8, 4) is 0 Å². The Kier molecular flexibility index (Phi) is 5.85. The summed E-state index contributed by atoms with van der Waals surface area (Å²) in [5.41, 5.74) is 6.49. The number of hydrogen-bond acceptors (Lipinski definition) is 3. The van der Waals surface area contributed by atoms with Crippen molar-refractivity contribution < 1.29 is 9.90 Å². The molecule has 4 nitrogen and oxygen atoms in total. The molecule has 0 saturated heterocycles. The maximum atomic E-state index is 11.0. The van der Waals surface area contributed by atoms with Crippen LogP contribution in [0.5, 0.6) is 0 Å². The second kappa shape index (κ2) is 7.22. The number of hydrazine groups is 1. The molecule has 1 atom stereocenters. The van der Waals surface area contributed by atoms with Crippen LogP contribution in [0.15, 0.2) is 30.3 Å². The molecule has 0 aromatic heterocycles. The molecule has 0 aliphatic rings. The fourth-order valence-corrected chi connectivity index (χ4v) is 1.39. The van der Waals surface area contributed by atoms with Gasteiger partial charge in [-0.2, -0.15) is 0 Å². The molecule has 0 bridgehead atoms. The van der Waals surface area contributed by atoms with Gasteiger partial charge in [0.25, 0.3) is 0 Å². The minimum absolute atomic E-state index is 0.435. The van der Waals surface area contributed by atoms with Crippen molar-refractivity contribution in [3.05, 3.63) is 35.9 Å². The average Bonchev–Trinajstić information content (AvgIpc) is 2.29. The molecule has 0 radical (unpaired) electrons. The lowest BCUT2D eigenvalue weighted by molar-refractivity contribution is -0.139. The van der Waals surface area contributed by atoms with Crippen LogP contribution >= 0.6 is 11.6 Å². The number of carbonyl (C=O) groups is 1. The van der Waals surface area contributed by atoms with Gasteiger partial charge in [0.15, 0.2) is 0 Å². The Balaban J connectivity index is 2.48. The molecule has 0 fully saturated rings. The molecule has 5 heteroatoms. The molecule has 0 heterocycles. The van der Waals surface area contributed by atoms with Gasteiger partial charge in [0, 0.05) is 12.4 Å². The number of carboxylic acids is 1. The normalized spacial score (nSPS) is 12.3. The highest BCUT2D eigenvalue weighted by molar-refractivity contribution is 6.18. The van der Waals surface area contributed by atoms with E-state index in [0.29, 0.717) is 18.8 Å². The lowest BCUT2D eigenvalue weighted by Gasteiger charge is -2.14. The number of alkyl halides is 1. The summed E-state index contributed by atoms with van der Waals surface area (Å²) in [5, 5.41) is 9.00. The zero-order chi connectivity index (χ0) is 11.8. The van der Waals surface area contributed by atoms with Gasteiger partial charge >= 0.3 is 5.97 Å². The largest absolute Gasteiger partial charge is 0.480 e. The van der Waals surface area contributed by atoms with E-state index in [1.165, 1.54) is 0 Å². The van der Waals surface area contributed by atoms with Crippen LogP contribution in [0.25, 0.3) is 0 Å². The van der Waals surface area contributed by atoms with Crippen LogP contribution in [0.3, 0.4) is 0 Å². The second-order valence-electron chi connectivity index (χ2n) is 3.34. The van der Waals surface area contributed by atoms with Gasteiger partial charge in [-0.15, -0.1) is 11.6 Å². The van der Waals surface area contributed by atoms with Crippen LogP contribution in [0.2, 0.25) is 0 Å². The highest BCUT2D eigenvalue weighted by atomic mass is 35.5. The van der Waals surface area contributed by atoms with E-state index in [9.17, 15) is 4.79 Å². The lowest BCUT2D eigenvalue weighted by Crippen LogP contribution is -2.47. The SMILES string of the molecule is O=C(O)C(Cc1ccccc1)NNCCCl. The first-order valence-electron chi connectivity index (χ1n) is 5.05. The number of nitrogens with one attached hydrogen (secondary N) is 2. The molecule has 0 aliphatic heterocycles. The minimum Gasteiger partial charge on any atom is -0.480 e. The molecule has 0 saturated carbocycles. The van der Waals surface area contributed by atoms with E-state index in [1.54, 1.807) is 0 Å². The third-order valence-corrected chi connectivity index (χ3v) is 2.27. The first-order valence-corrected chi connectivity index (χ1v) is 5.58. The molecule has 88 valence electrons. The summed E-state index contributed by atoms with van der Waals surface area (Å²) in [6.07, 6.45) is 0.436. The molecule has 1 unspecified atom stereocenters. The van der Waals surface area contributed by atoms with E-state index in [1.807, 2.05) is 30.3 Å². The van der Waals surface area contributed by atoms with Crippen LogP contribution in [0.4, 0.5) is 0 Å². The quantitative estimate of drug-likeness (QED) is 0.380. The van der Waals surface area contributed by atoms with E-state index >= 15 is 0 Å². The van der Waals surface area contributed by atoms with Crippen molar-refractivity contribution in [1.29, 1.82) is 0 Å². The van der Waals surface area contributed by atoms with E-state index in [4.69, 9.17) is 16.7 Å². The van der Waals surface area contributed by atoms with Crippen molar-refractivity contribution in [2.24, 2.45) is 0 Å². The molecule has 16 heavy (non-hydrogen) atoms. The number of benzene rings is 1. The van der Waals surface area contributed by atoms with Gasteiger partial charge in [0.1, 0.15) is 6.04 Å². The zero-order valence-electron chi connectivity index (χ0n) is 8.82. The summed E-state index contributed by atoms with van der Waals surface area (Å²) in [4.78, 5) is 11.0. The monoisotopic (exact) mass is 242 g/mol. The van der Waals surface area contributed by atoms with E-state index in [0.717, 1.165) is 5.56 Å². The molecule has 0 amide bonds. The molecule has 0 aliphatic carbocycles. The first kappa shape index (κ1) is 13.0. The highest BCUT2D eigenvalue weighted by Gasteiger charge is 2.16. The molecule has 1 aromatic rings. The summed E-state index contributed by atoms with van der Waals surface area (Å²) < 4.78 is 0. The maximum absolute atomic E-state index is 11.0. The van der Waals surface area contributed by atoms with Gasteiger partial charge in [-0.25, -0.2) is 5.43 Å². The summed E-state index contributed by atoms with van der Waals surface area (Å²) in [7, 11) is 0. The first-order chi connectivity index (χ1) is 7.74. The Hall–Kier alpha value is -1.10. The maximum Gasteiger partial charge on any atom is 0.322 e. The zero-order valence-corrected chi connectivity index (χ0v) is 9.57. The number of carboxylic acid groups (broad SMARTS) is 1. The summed E-state index contributed by atoms with van der Waals surface area (Å²) in [6, 6.07) is 8.84. The Bertz CT molecular complexity index is 319. The second-order valence-corrected chi connectivity index (χ2v) is 3.72. The molecule has 3 N–H and O–H groups in total. The van der Waals surface area contributed by atoms with Crippen molar-refractivity contribution in [3.63, 3.8) is 0 Å². The Morgan fingerprint density at radius 3 is 2.62 bits per heavy atom. The summed E-state index contributed by atoms with van der Waals surface area (Å²) in [5.74, 6) is -0.448. The predicted octanol–water partition coefficient (Wildman–Crippen LogP) is 1.02. The standard InChI is InChI=1S/C11H15ClN2O2/c12-6-7-13-14-10(11(15)16)8-9-4-2-1-3-5-9/h1-5,10,13-14H,6-8H2,(H,15,16). The number of aliphatic carboxylic acids is 1. The van der Waals surface area contributed by atoms with Crippen LogP contribution in [-0.2, 0) is 11.2 Å². The van der Waals surface area contributed by atoms with Gasteiger partial charge < -0.3 is 5.11 Å². The molecule has 0 spiro atoms.